The van der Waals surface area contributed by atoms with Crippen molar-refractivity contribution in [1.82, 2.24) is 10.3 Å². The Morgan fingerprint density at radius 3 is 3.11 bits per heavy atom. The summed E-state index contributed by atoms with van der Waals surface area (Å²) >= 11 is 0. The van der Waals surface area contributed by atoms with Crippen LogP contribution in [0, 0.1) is 6.92 Å². The minimum absolute atomic E-state index is 0.177. The molecule has 0 fully saturated rings. The van der Waals surface area contributed by atoms with Crippen molar-refractivity contribution < 1.29 is 9.37 Å². The van der Waals surface area contributed by atoms with Crippen LogP contribution in [-0.4, -0.2) is 10.3 Å². The molecule has 1 aliphatic rings. The van der Waals surface area contributed by atoms with Crippen LogP contribution in [0.15, 0.2) is 22.8 Å². The second-order valence-electron chi connectivity index (χ2n) is 4.59. The Morgan fingerprint density at radius 1 is 1.44 bits per heavy atom. The highest BCUT2D eigenvalue weighted by molar-refractivity contribution is 5.40. The molecule has 0 unspecified atom stereocenters. The van der Waals surface area contributed by atoms with Crippen LogP contribution in [0.25, 0.3) is 0 Å². The number of ether oxygens (including phenoxy) is 1. The molecule has 1 aromatic heterocycles. The predicted molar refractivity (Wildman–Crippen MR) is 65.1 cm³/mol. The third-order valence-electron chi connectivity index (χ3n) is 3.36. The summed E-state index contributed by atoms with van der Waals surface area (Å²) in [6, 6.07) is 6.24. The van der Waals surface area contributed by atoms with E-state index in [-0.39, 0.29) is 6.04 Å². The minimum atomic E-state index is 0.177. The number of hydrogen-bond acceptors (Lipinski definition) is 5. The molecule has 1 heterocycles. The summed E-state index contributed by atoms with van der Waals surface area (Å²) < 4.78 is 10.3. The lowest BCUT2D eigenvalue weighted by atomic mass is 10.1. The standard InChI is InChI=1S/C13H15N3O2/c1-8-13(16-18-15-8)7-17-10-3-4-11-9(6-10)2-5-12(11)14/h3-4,6,12H,2,5,7,14H2,1H3/t12-/m1/s1. The second kappa shape index (κ2) is 4.42. The van der Waals surface area contributed by atoms with Crippen molar-refractivity contribution >= 4 is 0 Å². The van der Waals surface area contributed by atoms with E-state index in [4.69, 9.17) is 10.5 Å². The van der Waals surface area contributed by atoms with Crippen LogP contribution in [-0.2, 0) is 13.0 Å². The summed E-state index contributed by atoms with van der Waals surface area (Å²) in [5.41, 5.74) is 10.0. The summed E-state index contributed by atoms with van der Waals surface area (Å²) in [5, 5.41) is 7.50. The molecule has 0 amide bonds. The first kappa shape index (κ1) is 11.2. The van der Waals surface area contributed by atoms with E-state index in [9.17, 15) is 0 Å². The molecular formula is C13H15N3O2. The Hall–Kier alpha value is -1.88. The highest BCUT2D eigenvalue weighted by atomic mass is 16.6. The topological polar surface area (TPSA) is 74.2 Å². The monoisotopic (exact) mass is 245 g/mol. The van der Waals surface area contributed by atoms with Gasteiger partial charge < -0.3 is 10.5 Å². The molecule has 1 aromatic carbocycles. The molecule has 3 rings (SSSR count). The lowest BCUT2D eigenvalue weighted by Gasteiger charge is -2.08. The van der Waals surface area contributed by atoms with Gasteiger partial charge in [0.15, 0.2) is 0 Å². The second-order valence-corrected chi connectivity index (χ2v) is 4.59. The van der Waals surface area contributed by atoms with Crippen molar-refractivity contribution in [2.75, 3.05) is 0 Å². The normalized spacial score (nSPS) is 17.8. The molecule has 2 aromatic rings. The van der Waals surface area contributed by atoms with Gasteiger partial charge in [0.05, 0.1) is 0 Å². The zero-order valence-corrected chi connectivity index (χ0v) is 10.2. The quantitative estimate of drug-likeness (QED) is 0.894. The summed E-state index contributed by atoms with van der Waals surface area (Å²) in [5.74, 6) is 0.838. The predicted octanol–water partition coefficient (Wildman–Crippen LogP) is 1.90. The van der Waals surface area contributed by atoms with Gasteiger partial charge in [-0.05, 0) is 43.0 Å². The molecule has 94 valence electrons. The van der Waals surface area contributed by atoms with E-state index in [1.807, 2.05) is 13.0 Å². The number of fused-ring (bicyclic) bond motifs is 1. The number of nitrogens with zero attached hydrogens (tertiary/aromatic N) is 2. The Morgan fingerprint density at radius 2 is 2.33 bits per heavy atom. The van der Waals surface area contributed by atoms with Crippen LogP contribution in [0.3, 0.4) is 0 Å². The SMILES string of the molecule is Cc1nonc1COc1ccc2c(c1)CC[C@H]2N. The van der Waals surface area contributed by atoms with E-state index < -0.39 is 0 Å². The van der Waals surface area contributed by atoms with Gasteiger partial charge in [-0.15, -0.1) is 0 Å². The smallest absolute Gasteiger partial charge is 0.145 e. The van der Waals surface area contributed by atoms with Crippen molar-refractivity contribution in [3.8, 4) is 5.75 Å². The van der Waals surface area contributed by atoms with Crippen LogP contribution in [0.5, 0.6) is 5.75 Å². The number of benzene rings is 1. The fourth-order valence-electron chi connectivity index (χ4n) is 2.25. The highest BCUT2D eigenvalue weighted by Crippen LogP contribution is 2.31. The third-order valence-corrected chi connectivity index (χ3v) is 3.36. The van der Waals surface area contributed by atoms with Crippen LogP contribution in [0.1, 0.15) is 35.0 Å². The molecule has 0 bridgehead atoms. The van der Waals surface area contributed by atoms with Crippen LogP contribution >= 0.6 is 0 Å². The Bertz CT molecular complexity index is 565. The summed E-state index contributed by atoms with van der Waals surface area (Å²) in [6.45, 7) is 2.22. The molecule has 5 heteroatoms. The van der Waals surface area contributed by atoms with Gasteiger partial charge in [-0.25, -0.2) is 4.63 Å². The van der Waals surface area contributed by atoms with Crippen LogP contribution < -0.4 is 10.5 Å². The Labute approximate surface area is 105 Å². The number of aryl methyl sites for hydroxylation is 2. The fourth-order valence-corrected chi connectivity index (χ4v) is 2.25. The van der Waals surface area contributed by atoms with Crippen molar-refractivity contribution in [1.29, 1.82) is 0 Å². The van der Waals surface area contributed by atoms with Crippen molar-refractivity contribution in [3.63, 3.8) is 0 Å². The van der Waals surface area contributed by atoms with Gasteiger partial charge in [-0.3, -0.25) is 0 Å². The van der Waals surface area contributed by atoms with Gasteiger partial charge in [0, 0.05) is 6.04 Å². The average Bonchev–Trinajstić information content (AvgIpc) is 2.94. The van der Waals surface area contributed by atoms with E-state index in [2.05, 4.69) is 27.1 Å². The Balaban J connectivity index is 1.73. The van der Waals surface area contributed by atoms with Crippen molar-refractivity contribution in [3.05, 3.63) is 40.7 Å². The maximum absolute atomic E-state index is 6.00. The lowest BCUT2D eigenvalue weighted by molar-refractivity contribution is 0.270. The van der Waals surface area contributed by atoms with E-state index in [1.165, 1.54) is 11.1 Å². The van der Waals surface area contributed by atoms with Crippen molar-refractivity contribution in [2.24, 2.45) is 5.73 Å². The van der Waals surface area contributed by atoms with Gasteiger partial charge in [0.2, 0.25) is 0 Å². The molecule has 18 heavy (non-hydrogen) atoms. The molecule has 0 aliphatic heterocycles. The first-order valence-electron chi connectivity index (χ1n) is 6.03. The number of aromatic nitrogens is 2. The molecule has 0 radical (unpaired) electrons. The first-order valence-corrected chi connectivity index (χ1v) is 6.03. The fraction of sp³-hybridized carbons (Fsp3) is 0.385. The number of rotatable bonds is 3. The first-order chi connectivity index (χ1) is 8.74. The van der Waals surface area contributed by atoms with Gasteiger partial charge in [-0.1, -0.05) is 16.4 Å². The minimum Gasteiger partial charge on any atom is -0.487 e. The van der Waals surface area contributed by atoms with Crippen LogP contribution in [0.2, 0.25) is 0 Å². The highest BCUT2D eigenvalue weighted by Gasteiger charge is 2.19. The van der Waals surface area contributed by atoms with Crippen molar-refractivity contribution in [2.45, 2.75) is 32.4 Å². The maximum Gasteiger partial charge on any atom is 0.145 e. The van der Waals surface area contributed by atoms with Crippen LogP contribution in [0.4, 0.5) is 0 Å². The Kier molecular flexibility index (Phi) is 2.76. The zero-order chi connectivity index (χ0) is 12.5. The molecule has 2 N–H and O–H groups in total. The third kappa shape index (κ3) is 1.97. The molecule has 1 aliphatic carbocycles. The average molecular weight is 245 g/mol. The number of hydrogen-bond donors (Lipinski definition) is 1. The van der Waals surface area contributed by atoms with Gasteiger partial charge in [0.1, 0.15) is 23.7 Å². The van der Waals surface area contributed by atoms with Gasteiger partial charge in [-0.2, -0.15) is 0 Å². The number of nitrogens with two attached hydrogens (primary N) is 1. The van der Waals surface area contributed by atoms with E-state index in [1.54, 1.807) is 0 Å². The summed E-state index contributed by atoms with van der Waals surface area (Å²) in [4.78, 5) is 0. The summed E-state index contributed by atoms with van der Waals surface area (Å²) in [6.07, 6.45) is 2.04. The zero-order valence-electron chi connectivity index (χ0n) is 10.2. The molecule has 5 nitrogen and oxygen atoms in total. The maximum atomic E-state index is 6.00. The lowest BCUT2D eigenvalue weighted by Crippen LogP contribution is -2.05. The van der Waals surface area contributed by atoms with E-state index in [0.29, 0.717) is 6.61 Å². The molecular weight excluding hydrogens is 230 g/mol. The van der Waals surface area contributed by atoms with E-state index in [0.717, 1.165) is 30.0 Å². The van der Waals surface area contributed by atoms with Gasteiger partial charge in [0.25, 0.3) is 0 Å². The molecule has 1 atom stereocenters. The molecule has 0 saturated heterocycles. The molecule has 0 spiro atoms. The molecule has 0 saturated carbocycles. The van der Waals surface area contributed by atoms with E-state index >= 15 is 0 Å². The largest absolute Gasteiger partial charge is 0.487 e. The summed E-state index contributed by atoms with van der Waals surface area (Å²) in [7, 11) is 0. The van der Waals surface area contributed by atoms with Gasteiger partial charge >= 0.3 is 0 Å².